The molecule has 0 saturated heterocycles. The van der Waals surface area contributed by atoms with Crippen LogP contribution >= 0.6 is 0 Å². The number of hydrogen-bond donors (Lipinski definition) is 2. The molecule has 96 valence electrons. The minimum absolute atomic E-state index is 0.120. The zero-order valence-electron chi connectivity index (χ0n) is 11.3. The molecule has 1 saturated carbocycles. The monoisotopic (exact) mass is 236 g/mol. The third kappa shape index (κ3) is 2.06. The maximum Gasteiger partial charge on any atom is 0.0847 e. The van der Waals surface area contributed by atoms with Crippen molar-refractivity contribution in [3.63, 3.8) is 0 Å². The van der Waals surface area contributed by atoms with Gasteiger partial charge in [-0.1, -0.05) is 26.8 Å². The first-order chi connectivity index (χ1) is 7.86. The predicted molar refractivity (Wildman–Crippen MR) is 68.2 cm³/mol. The molecular weight excluding hydrogens is 212 g/mol. The summed E-state index contributed by atoms with van der Waals surface area (Å²) in [7, 11) is 0. The molecule has 2 nitrogen and oxygen atoms in total. The molecule has 2 rings (SSSR count). The molecule has 5 atom stereocenters. The van der Waals surface area contributed by atoms with Gasteiger partial charge in [0, 0.05) is 5.92 Å². The van der Waals surface area contributed by atoms with E-state index in [0.29, 0.717) is 11.8 Å². The average molecular weight is 236 g/mol. The first kappa shape index (κ1) is 13.1. The number of hydrogen-bond acceptors (Lipinski definition) is 2. The van der Waals surface area contributed by atoms with E-state index in [2.05, 4.69) is 33.3 Å². The van der Waals surface area contributed by atoms with E-state index < -0.39 is 11.7 Å². The van der Waals surface area contributed by atoms with Crippen LogP contribution in [0.3, 0.4) is 0 Å². The largest absolute Gasteiger partial charge is 0.388 e. The van der Waals surface area contributed by atoms with Crippen LogP contribution in [-0.4, -0.2) is 21.9 Å². The topological polar surface area (TPSA) is 40.5 Å². The highest BCUT2D eigenvalue weighted by atomic mass is 16.3. The lowest BCUT2D eigenvalue weighted by atomic mass is 9.57. The Kier molecular flexibility index (Phi) is 3.39. The van der Waals surface area contributed by atoms with E-state index in [1.54, 1.807) is 0 Å². The zero-order valence-corrected chi connectivity index (χ0v) is 11.3. The minimum Gasteiger partial charge on any atom is -0.388 e. The van der Waals surface area contributed by atoms with E-state index in [-0.39, 0.29) is 11.8 Å². The lowest BCUT2D eigenvalue weighted by Gasteiger charge is -2.51. The normalized spacial score (nSPS) is 46.6. The molecule has 0 heterocycles. The number of rotatable bonds is 1. The summed E-state index contributed by atoms with van der Waals surface area (Å²) >= 11 is 0. The van der Waals surface area contributed by atoms with E-state index >= 15 is 0 Å². The van der Waals surface area contributed by atoms with Gasteiger partial charge >= 0.3 is 0 Å². The fourth-order valence-corrected chi connectivity index (χ4v) is 3.44. The second kappa shape index (κ2) is 4.40. The highest BCUT2D eigenvalue weighted by molar-refractivity contribution is 5.27. The maximum atomic E-state index is 10.9. The fourth-order valence-electron chi connectivity index (χ4n) is 3.44. The van der Waals surface area contributed by atoms with Gasteiger partial charge in [-0.2, -0.15) is 0 Å². The SMILES string of the molecule is CC1=C[C@@H]2[C@H](C(C)C)CCC(C)[C@]2(O)[C]C1O. The second-order valence-electron chi connectivity index (χ2n) is 6.19. The molecule has 1 fully saturated rings. The summed E-state index contributed by atoms with van der Waals surface area (Å²) in [5.74, 6) is 1.35. The van der Waals surface area contributed by atoms with Crippen molar-refractivity contribution >= 4 is 0 Å². The molecule has 17 heavy (non-hydrogen) atoms. The smallest absolute Gasteiger partial charge is 0.0847 e. The van der Waals surface area contributed by atoms with Crippen molar-refractivity contribution in [1.82, 2.24) is 0 Å². The first-order valence-electron chi connectivity index (χ1n) is 6.72. The van der Waals surface area contributed by atoms with Crippen LogP contribution in [0.5, 0.6) is 0 Å². The second-order valence-corrected chi connectivity index (χ2v) is 6.19. The molecule has 0 aromatic carbocycles. The molecule has 2 heteroatoms. The molecule has 2 unspecified atom stereocenters. The van der Waals surface area contributed by atoms with Gasteiger partial charge in [-0.25, -0.2) is 0 Å². The van der Waals surface area contributed by atoms with Crippen molar-refractivity contribution in [1.29, 1.82) is 0 Å². The van der Waals surface area contributed by atoms with Gasteiger partial charge in [0.25, 0.3) is 0 Å². The van der Waals surface area contributed by atoms with E-state index in [9.17, 15) is 10.2 Å². The molecule has 0 aromatic heterocycles. The summed E-state index contributed by atoms with van der Waals surface area (Å²) in [6.07, 6.45) is 6.58. The van der Waals surface area contributed by atoms with Gasteiger partial charge in [0.1, 0.15) is 0 Å². The Morgan fingerprint density at radius 1 is 1.41 bits per heavy atom. The minimum atomic E-state index is -0.938. The highest BCUT2D eigenvalue weighted by Crippen LogP contribution is 2.50. The summed E-state index contributed by atoms with van der Waals surface area (Å²) in [6, 6.07) is 0. The van der Waals surface area contributed by atoms with Gasteiger partial charge in [-0.05, 0) is 43.1 Å². The third-order valence-corrected chi connectivity index (χ3v) is 4.75. The van der Waals surface area contributed by atoms with Crippen LogP contribution in [0.2, 0.25) is 0 Å². The number of aliphatic hydroxyl groups excluding tert-OH is 1. The van der Waals surface area contributed by atoms with E-state index in [1.807, 2.05) is 6.92 Å². The molecule has 2 radical (unpaired) electrons. The van der Waals surface area contributed by atoms with Crippen LogP contribution in [0.4, 0.5) is 0 Å². The first-order valence-corrected chi connectivity index (χ1v) is 6.72. The summed E-state index contributed by atoms with van der Waals surface area (Å²) in [5, 5.41) is 20.7. The van der Waals surface area contributed by atoms with E-state index in [1.165, 1.54) is 0 Å². The van der Waals surface area contributed by atoms with Gasteiger partial charge < -0.3 is 10.2 Å². The molecule has 2 aliphatic rings. The Hall–Kier alpha value is -0.340. The van der Waals surface area contributed by atoms with Crippen molar-refractivity contribution < 1.29 is 10.2 Å². The van der Waals surface area contributed by atoms with Gasteiger partial charge in [0.05, 0.1) is 18.1 Å². The summed E-state index contributed by atoms with van der Waals surface area (Å²) < 4.78 is 0. The van der Waals surface area contributed by atoms with Crippen molar-refractivity contribution in [3.05, 3.63) is 18.1 Å². The Morgan fingerprint density at radius 3 is 2.65 bits per heavy atom. The standard InChI is InChI=1S/C15H24O2/c1-9(2)12-6-5-11(4)15(17)8-14(16)10(3)7-13(12)15/h7,9,11-14,16-17H,5-6H2,1-4H3/t11?,12-,13+,14?,15+/m0/s1. The molecule has 0 aliphatic heterocycles. The van der Waals surface area contributed by atoms with Crippen LogP contribution in [0.1, 0.15) is 40.5 Å². The van der Waals surface area contributed by atoms with Crippen LogP contribution in [-0.2, 0) is 0 Å². The highest BCUT2D eigenvalue weighted by Gasteiger charge is 2.51. The Morgan fingerprint density at radius 2 is 2.06 bits per heavy atom. The summed E-state index contributed by atoms with van der Waals surface area (Å²) in [4.78, 5) is 0. The van der Waals surface area contributed by atoms with Crippen LogP contribution in [0.15, 0.2) is 11.6 Å². The van der Waals surface area contributed by atoms with Crippen molar-refractivity contribution in [2.75, 3.05) is 0 Å². The van der Waals surface area contributed by atoms with Gasteiger partial charge in [-0.3, -0.25) is 0 Å². The molecule has 0 spiro atoms. The number of aliphatic hydroxyl groups is 2. The maximum absolute atomic E-state index is 10.9. The van der Waals surface area contributed by atoms with Crippen molar-refractivity contribution in [3.8, 4) is 0 Å². The van der Waals surface area contributed by atoms with Gasteiger partial charge in [0.15, 0.2) is 0 Å². The predicted octanol–water partition coefficient (Wildman–Crippen LogP) is 2.44. The Labute approximate surface area is 105 Å². The van der Waals surface area contributed by atoms with Gasteiger partial charge in [-0.15, -0.1) is 0 Å². The molecule has 0 amide bonds. The molecular formula is C15H24O2. The van der Waals surface area contributed by atoms with Crippen molar-refractivity contribution in [2.24, 2.45) is 23.7 Å². The van der Waals surface area contributed by atoms with Crippen LogP contribution in [0, 0.1) is 30.1 Å². The number of fused-ring (bicyclic) bond motifs is 1. The molecule has 0 bridgehead atoms. The summed E-state index contributed by atoms with van der Waals surface area (Å²) in [6.45, 7) is 8.43. The summed E-state index contributed by atoms with van der Waals surface area (Å²) in [5.41, 5.74) is -0.00836. The van der Waals surface area contributed by atoms with Gasteiger partial charge in [0.2, 0.25) is 0 Å². The third-order valence-electron chi connectivity index (χ3n) is 4.75. The van der Waals surface area contributed by atoms with Crippen LogP contribution in [0.25, 0.3) is 0 Å². The quantitative estimate of drug-likeness (QED) is 0.687. The van der Waals surface area contributed by atoms with Crippen LogP contribution < -0.4 is 0 Å². The molecule has 2 aliphatic carbocycles. The fraction of sp³-hybridized carbons (Fsp3) is 0.800. The molecule has 0 aromatic rings. The lowest BCUT2D eigenvalue weighted by molar-refractivity contribution is -0.0926. The Bertz CT molecular complexity index is 321. The van der Waals surface area contributed by atoms with Crippen molar-refractivity contribution in [2.45, 2.75) is 52.2 Å². The molecule has 2 N–H and O–H groups in total. The lowest BCUT2D eigenvalue weighted by Crippen LogP contribution is -2.55. The zero-order chi connectivity index (χ0) is 12.8. The van der Waals surface area contributed by atoms with E-state index in [4.69, 9.17) is 0 Å². The average Bonchev–Trinajstić information content (AvgIpc) is 2.23. The Balaban J connectivity index is 2.37. The van der Waals surface area contributed by atoms with E-state index in [0.717, 1.165) is 18.4 Å².